The first-order chi connectivity index (χ1) is 15.0. The summed E-state index contributed by atoms with van der Waals surface area (Å²) < 4.78 is 31.6. The van der Waals surface area contributed by atoms with Gasteiger partial charge in [0.05, 0.1) is 0 Å². The normalized spacial score (nSPS) is 14.8. The predicted octanol–water partition coefficient (Wildman–Crippen LogP) is 5.38. The van der Waals surface area contributed by atoms with Crippen molar-refractivity contribution in [3.8, 4) is 28.4 Å². The lowest BCUT2D eigenvalue weighted by Gasteiger charge is -2.27. The van der Waals surface area contributed by atoms with Gasteiger partial charge in [-0.1, -0.05) is 35.9 Å². The largest absolute Gasteiger partial charge is 0.489 e. The summed E-state index contributed by atoms with van der Waals surface area (Å²) >= 11 is 5.96. The molecule has 3 aromatic carbocycles. The van der Waals surface area contributed by atoms with Crippen LogP contribution < -0.4 is 14.2 Å². The molecule has 0 aromatic heterocycles. The fraction of sp³-hybridized carbons (Fsp3) is 0.208. The van der Waals surface area contributed by atoms with E-state index in [-0.39, 0.29) is 25.6 Å². The molecule has 1 aliphatic heterocycles. The van der Waals surface area contributed by atoms with E-state index in [1.165, 1.54) is 6.07 Å². The second-order valence-corrected chi connectivity index (χ2v) is 7.61. The van der Waals surface area contributed by atoms with Crippen molar-refractivity contribution in [1.29, 1.82) is 0 Å². The smallest absolute Gasteiger partial charge is 0.303 e. The zero-order chi connectivity index (χ0) is 21.8. The topological polar surface area (TPSA) is 65.0 Å². The van der Waals surface area contributed by atoms with Gasteiger partial charge in [-0.15, -0.1) is 0 Å². The molecule has 0 unspecified atom stereocenters. The number of halogens is 2. The van der Waals surface area contributed by atoms with Crippen molar-refractivity contribution in [2.24, 2.45) is 0 Å². The minimum Gasteiger partial charge on any atom is -0.489 e. The number of rotatable bonds is 7. The molecule has 0 fully saturated rings. The lowest BCUT2D eigenvalue weighted by atomic mass is 10.1. The molecule has 31 heavy (non-hydrogen) atoms. The summed E-state index contributed by atoms with van der Waals surface area (Å²) in [5.41, 5.74) is 2.32. The molecule has 0 radical (unpaired) electrons. The summed E-state index contributed by atoms with van der Waals surface area (Å²) in [6.45, 7) is 0.491. The summed E-state index contributed by atoms with van der Waals surface area (Å²) in [5, 5.41) is 9.40. The minimum atomic E-state index is -0.964. The van der Waals surface area contributed by atoms with Gasteiger partial charge in [-0.2, -0.15) is 0 Å². The van der Waals surface area contributed by atoms with Crippen molar-refractivity contribution in [3.05, 3.63) is 77.1 Å². The standard InChI is InChI=1S/C24H20ClFO5/c25-18-6-1-15(2-7-18)17-4-9-22-23(11-17)31-20(14-30-22)13-29-19-8-3-16(21(26)12-19)5-10-24(27)28/h1-4,6-9,11-12,20H,5,10,13-14H2,(H,27,28)/t20-/m0/s1. The van der Waals surface area contributed by atoms with Crippen LogP contribution in [-0.4, -0.2) is 30.4 Å². The van der Waals surface area contributed by atoms with Crippen molar-refractivity contribution in [2.45, 2.75) is 18.9 Å². The Balaban J connectivity index is 1.39. The van der Waals surface area contributed by atoms with Gasteiger partial charge in [0.1, 0.15) is 24.8 Å². The van der Waals surface area contributed by atoms with Crippen LogP contribution in [0.4, 0.5) is 4.39 Å². The number of carboxylic acids is 1. The quantitative estimate of drug-likeness (QED) is 0.532. The highest BCUT2D eigenvalue weighted by Gasteiger charge is 2.22. The molecule has 4 rings (SSSR count). The van der Waals surface area contributed by atoms with Gasteiger partial charge in [-0.25, -0.2) is 4.39 Å². The zero-order valence-electron chi connectivity index (χ0n) is 16.5. The van der Waals surface area contributed by atoms with Gasteiger partial charge in [-0.05, 0) is 53.4 Å². The van der Waals surface area contributed by atoms with Crippen LogP contribution in [-0.2, 0) is 11.2 Å². The Morgan fingerprint density at radius 2 is 1.84 bits per heavy atom. The lowest BCUT2D eigenvalue weighted by Crippen LogP contribution is -2.34. The number of hydrogen-bond donors (Lipinski definition) is 1. The molecule has 1 aliphatic rings. The molecule has 1 heterocycles. The van der Waals surface area contributed by atoms with E-state index in [9.17, 15) is 9.18 Å². The first-order valence-electron chi connectivity index (χ1n) is 9.80. The fourth-order valence-electron chi connectivity index (χ4n) is 3.27. The van der Waals surface area contributed by atoms with Gasteiger partial charge >= 0.3 is 5.97 Å². The highest BCUT2D eigenvalue weighted by molar-refractivity contribution is 6.30. The van der Waals surface area contributed by atoms with Gasteiger partial charge in [0.2, 0.25) is 0 Å². The number of hydrogen-bond acceptors (Lipinski definition) is 4. The summed E-state index contributed by atoms with van der Waals surface area (Å²) in [6, 6.07) is 17.7. The molecular formula is C24H20ClFO5. The molecule has 0 saturated heterocycles. The third-order valence-corrected chi connectivity index (χ3v) is 5.16. The Kier molecular flexibility index (Phi) is 6.28. The molecule has 3 aromatic rings. The first kappa shape index (κ1) is 21.0. The number of fused-ring (bicyclic) bond motifs is 1. The maximum Gasteiger partial charge on any atom is 0.303 e. The molecule has 0 amide bonds. The lowest BCUT2D eigenvalue weighted by molar-refractivity contribution is -0.136. The molecule has 1 N–H and O–H groups in total. The van der Waals surface area contributed by atoms with Crippen molar-refractivity contribution in [2.75, 3.05) is 13.2 Å². The van der Waals surface area contributed by atoms with Gasteiger partial charge < -0.3 is 19.3 Å². The fourth-order valence-corrected chi connectivity index (χ4v) is 3.40. The Morgan fingerprint density at radius 1 is 1.06 bits per heavy atom. The molecule has 7 heteroatoms. The van der Waals surface area contributed by atoms with Crippen LogP contribution in [0.25, 0.3) is 11.1 Å². The monoisotopic (exact) mass is 442 g/mol. The van der Waals surface area contributed by atoms with Crippen molar-refractivity contribution < 1.29 is 28.5 Å². The van der Waals surface area contributed by atoms with Crippen molar-refractivity contribution in [3.63, 3.8) is 0 Å². The van der Waals surface area contributed by atoms with Crippen LogP contribution in [0.5, 0.6) is 17.2 Å². The van der Waals surface area contributed by atoms with Crippen LogP contribution in [0, 0.1) is 5.82 Å². The molecule has 0 bridgehead atoms. The summed E-state index contributed by atoms with van der Waals surface area (Å²) in [5.74, 6) is 0.164. The molecule has 1 atom stereocenters. The number of ether oxygens (including phenoxy) is 3. The van der Waals surface area contributed by atoms with Gasteiger partial charge in [0.15, 0.2) is 17.6 Å². The van der Waals surface area contributed by atoms with E-state index >= 15 is 0 Å². The number of carbonyl (C=O) groups is 1. The SMILES string of the molecule is O=C(O)CCc1ccc(OC[C@H]2COc3ccc(-c4ccc(Cl)cc4)cc3O2)cc1F. The molecule has 160 valence electrons. The van der Waals surface area contributed by atoms with E-state index in [0.717, 1.165) is 11.1 Å². The molecule has 0 spiro atoms. The number of benzene rings is 3. The Labute approximate surface area is 183 Å². The van der Waals surface area contributed by atoms with E-state index in [1.54, 1.807) is 12.1 Å². The van der Waals surface area contributed by atoms with Crippen LogP contribution in [0.3, 0.4) is 0 Å². The van der Waals surface area contributed by atoms with E-state index in [2.05, 4.69) is 0 Å². The summed E-state index contributed by atoms with van der Waals surface area (Å²) in [7, 11) is 0. The number of carboxylic acid groups (broad SMARTS) is 1. The second kappa shape index (κ2) is 9.27. The van der Waals surface area contributed by atoms with E-state index in [0.29, 0.717) is 34.4 Å². The highest BCUT2D eigenvalue weighted by atomic mass is 35.5. The minimum absolute atomic E-state index is 0.123. The zero-order valence-corrected chi connectivity index (χ0v) is 17.3. The van der Waals surface area contributed by atoms with Gasteiger partial charge in [0, 0.05) is 17.5 Å². The van der Waals surface area contributed by atoms with Crippen LogP contribution in [0.2, 0.25) is 5.02 Å². The summed E-state index contributed by atoms with van der Waals surface area (Å²) in [4.78, 5) is 10.7. The maximum atomic E-state index is 14.2. The molecule has 0 aliphatic carbocycles. The highest BCUT2D eigenvalue weighted by Crippen LogP contribution is 2.36. The van der Waals surface area contributed by atoms with Crippen LogP contribution in [0.1, 0.15) is 12.0 Å². The summed E-state index contributed by atoms with van der Waals surface area (Å²) in [6.07, 6.45) is -0.349. The van der Waals surface area contributed by atoms with Crippen LogP contribution in [0.15, 0.2) is 60.7 Å². The number of aryl methyl sites for hydroxylation is 1. The molecule has 5 nitrogen and oxygen atoms in total. The van der Waals surface area contributed by atoms with Gasteiger partial charge in [-0.3, -0.25) is 4.79 Å². The van der Waals surface area contributed by atoms with E-state index in [4.69, 9.17) is 30.9 Å². The molecular weight excluding hydrogens is 423 g/mol. The molecule has 0 saturated carbocycles. The average molecular weight is 443 g/mol. The van der Waals surface area contributed by atoms with E-state index in [1.807, 2.05) is 42.5 Å². The van der Waals surface area contributed by atoms with E-state index < -0.39 is 11.8 Å². The van der Waals surface area contributed by atoms with Gasteiger partial charge in [0.25, 0.3) is 0 Å². The average Bonchev–Trinajstić information content (AvgIpc) is 2.77. The second-order valence-electron chi connectivity index (χ2n) is 7.18. The predicted molar refractivity (Wildman–Crippen MR) is 115 cm³/mol. The first-order valence-corrected chi connectivity index (χ1v) is 10.2. The Bertz CT molecular complexity index is 1080. The third-order valence-electron chi connectivity index (χ3n) is 4.91. The third kappa shape index (κ3) is 5.27. The van der Waals surface area contributed by atoms with Crippen molar-refractivity contribution >= 4 is 17.6 Å². The Hall–Kier alpha value is -3.25. The van der Waals surface area contributed by atoms with Crippen LogP contribution >= 0.6 is 11.6 Å². The Morgan fingerprint density at radius 3 is 2.58 bits per heavy atom. The number of aliphatic carboxylic acids is 1. The maximum absolute atomic E-state index is 14.2. The van der Waals surface area contributed by atoms with Crippen molar-refractivity contribution in [1.82, 2.24) is 0 Å².